The first-order valence-electron chi connectivity index (χ1n) is 7.74. The van der Waals surface area contributed by atoms with Crippen LogP contribution in [0.2, 0.25) is 0 Å². The molecule has 1 amide bonds. The Bertz CT molecular complexity index is 522. The fourth-order valence-electron chi connectivity index (χ4n) is 3.27. The lowest BCUT2D eigenvalue weighted by Crippen LogP contribution is -2.42. The third-order valence-corrected chi connectivity index (χ3v) is 4.15. The van der Waals surface area contributed by atoms with Crippen LogP contribution in [0.3, 0.4) is 0 Å². The fraction of sp³-hybridized carbons (Fsp3) is 0.647. The molecule has 2 heterocycles. The predicted octanol–water partition coefficient (Wildman–Crippen LogP) is 3.23. The van der Waals surface area contributed by atoms with Gasteiger partial charge in [0.1, 0.15) is 11.5 Å². The van der Waals surface area contributed by atoms with Gasteiger partial charge in [-0.1, -0.05) is 13.8 Å². The summed E-state index contributed by atoms with van der Waals surface area (Å²) < 4.78 is 5.56. The van der Waals surface area contributed by atoms with Gasteiger partial charge in [-0.2, -0.15) is 0 Å². The maximum atomic E-state index is 12.3. The van der Waals surface area contributed by atoms with Crippen LogP contribution in [0.15, 0.2) is 10.5 Å². The molecule has 0 N–H and O–H groups in total. The zero-order chi connectivity index (χ0) is 15.6. The molecule has 0 aliphatic carbocycles. The Morgan fingerprint density at radius 2 is 1.90 bits per heavy atom. The van der Waals surface area contributed by atoms with E-state index in [1.165, 1.54) is 13.3 Å². The lowest BCUT2D eigenvalue weighted by molar-refractivity contribution is -0.133. The van der Waals surface area contributed by atoms with Gasteiger partial charge in [0.15, 0.2) is 5.78 Å². The number of amides is 1. The zero-order valence-corrected chi connectivity index (χ0v) is 13.4. The summed E-state index contributed by atoms with van der Waals surface area (Å²) in [5, 5.41) is 0. The van der Waals surface area contributed by atoms with Crippen molar-refractivity contribution in [2.75, 3.05) is 13.1 Å². The normalized spacial score (nSPS) is 22.4. The lowest BCUT2D eigenvalue weighted by atomic mass is 9.91. The first-order valence-corrected chi connectivity index (χ1v) is 7.74. The SMILES string of the molecule is CC(=O)c1cc(CCC(=O)N2C[C@H](C)C[C@@H](C)C2)oc1C. The predicted molar refractivity (Wildman–Crippen MR) is 81.3 cm³/mol. The molecule has 1 fully saturated rings. The summed E-state index contributed by atoms with van der Waals surface area (Å²) in [5.41, 5.74) is 0.623. The molecule has 116 valence electrons. The highest BCUT2D eigenvalue weighted by Gasteiger charge is 2.25. The van der Waals surface area contributed by atoms with Gasteiger partial charge in [0.25, 0.3) is 0 Å². The Labute approximate surface area is 126 Å². The Balaban J connectivity index is 1.92. The van der Waals surface area contributed by atoms with E-state index in [1.807, 2.05) is 4.90 Å². The molecule has 2 rings (SSSR count). The van der Waals surface area contributed by atoms with Crippen LogP contribution in [0.1, 0.15) is 55.5 Å². The summed E-state index contributed by atoms with van der Waals surface area (Å²) in [6.45, 7) is 9.44. The van der Waals surface area contributed by atoms with Gasteiger partial charge >= 0.3 is 0 Å². The molecule has 0 spiro atoms. The lowest BCUT2D eigenvalue weighted by Gasteiger charge is -2.35. The average molecular weight is 291 g/mol. The molecular weight excluding hydrogens is 266 g/mol. The number of rotatable bonds is 4. The van der Waals surface area contributed by atoms with Gasteiger partial charge in [0.05, 0.1) is 5.56 Å². The van der Waals surface area contributed by atoms with E-state index < -0.39 is 0 Å². The Morgan fingerprint density at radius 3 is 2.43 bits per heavy atom. The summed E-state index contributed by atoms with van der Waals surface area (Å²) in [7, 11) is 0. The number of nitrogens with zero attached hydrogens (tertiary/aromatic N) is 1. The van der Waals surface area contributed by atoms with Gasteiger partial charge in [-0.3, -0.25) is 9.59 Å². The van der Waals surface area contributed by atoms with E-state index in [2.05, 4.69) is 13.8 Å². The summed E-state index contributed by atoms with van der Waals surface area (Å²) in [4.78, 5) is 25.7. The summed E-state index contributed by atoms with van der Waals surface area (Å²) in [6.07, 6.45) is 2.21. The fourth-order valence-corrected chi connectivity index (χ4v) is 3.27. The molecule has 0 radical (unpaired) electrons. The van der Waals surface area contributed by atoms with Crippen LogP contribution in [0, 0.1) is 18.8 Å². The highest BCUT2D eigenvalue weighted by Crippen LogP contribution is 2.22. The number of Topliss-reactive ketones (excluding diaryl/α,β-unsaturated/α-hetero) is 1. The van der Waals surface area contributed by atoms with Crippen LogP contribution in [-0.2, 0) is 11.2 Å². The molecular formula is C17H25NO3. The molecule has 0 bridgehead atoms. The first kappa shape index (κ1) is 15.8. The Hall–Kier alpha value is -1.58. The van der Waals surface area contributed by atoms with Gasteiger partial charge in [0, 0.05) is 25.9 Å². The number of furan rings is 1. The van der Waals surface area contributed by atoms with E-state index in [0.717, 1.165) is 18.8 Å². The van der Waals surface area contributed by atoms with Crippen LogP contribution in [0.4, 0.5) is 0 Å². The molecule has 0 unspecified atom stereocenters. The smallest absolute Gasteiger partial charge is 0.223 e. The van der Waals surface area contributed by atoms with Crippen molar-refractivity contribution < 1.29 is 14.0 Å². The number of hydrogen-bond donors (Lipinski definition) is 0. The van der Waals surface area contributed by atoms with Gasteiger partial charge in [-0.05, 0) is 38.2 Å². The van der Waals surface area contributed by atoms with Crippen molar-refractivity contribution in [1.29, 1.82) is 0 Å². The number of likely N-dealkylation sites (tertiary alicyclic amines) is 1. The van der Waals surface area contributed by atoms with Gasteiger partial charge < -0.3 is 9.32 Å². The highest BCUT2D eigenvalue weighted by atomic mass is 16.3. The van der Waals surface area contributed by atoms with E-state index in [1.54, 1.807) is 13.0 Å². The van der Waals surface area contributed by atoms with Crippen molar-refractivity contribution in [3.8, 4) is 0 Å². The maximum Gasteiger partial charge on any atom is 0.223 e. The molecule has 1 saturated heterocycles. The van der Waals surface area contributed by atoms with Crippen LogP contribution >= 0.6 is 0 Å². The quantitative estimate of drug-likeness (QED) is 0.800. The number of hydrogen-bond acceptors (Lipinski definition) is 3. The van der Waals surface area contributed by atoms with Crippen molar-refractivity contribution in [1.82, 2.24) is 4.90 Å². The summed E-state index contributed by atoms with van der Waals surface area (Å²) >= 11 is 0. The summed E-state index contributed by atoms with van der Waals surface area (Å²) in [6, 6.07) is 1.77. The van der Waals surface area contributed by atoms with Crippen molar-refractivity contribution in [3.63, 3.8) is 0 Å². The largest absolute Gasteiger partial charge is 0.466 e. The minimum Gasteiger partial charge on any atom is -0.466 e. The molecule has 21 heavy (non-hydrogen) atoms. The third kappa shape index (κ3) is 3.96. The topological polar surface area (TPSA) is 50.5 Å². The first-order chi connectivity index (χ1) is 9.86. The standard InChI is InChI=1S/C17H25NO3/c1-11-7-12(2)10-18(9-11)17(20)6-5-15-8-16(13(3)19)14(4)21-15/h8,11-12H,5-7,9-10H2,1-4H3/t11-,12-/m1/s1. The minimum absolute atomic E-state index is 0.00695. The Kier molecular flexibility index (Phi) is 4.86. The van der Waals surface area contributed by atoms with E-state index in [9.17, 15) is 9.59 Å². The number of carbonyl (C=O) groups excluding carboxylic acids is 2. The van der Waals surface area contributed by atoms with E-state index in [-0.39, 0.29) is 11.7 Å². The molecule has 0 saturated carbocycles. The molecule has 2 atom stereocenters. The molecule has 1 aliphatic heterocycles. The molecule has 4 nitrogen and oxygen atoms in total. The Morgan fingerprint density at radius 1 is 1.29 bits per heavy atom. The second-order valence-electron chi connectivity index (χ2n) is 6.48. The molecule has 4 heteroatoms. The number of aryl methyl sites for hydroxylation is 2. The highest BCUT2D eigenvalue weighted by molar-refractivity contribution is 5.95. The molecule has 0 aromatic carbocycles. The molecule has 1 aromatic heterocycles. The van der Waals surface area contributed by atoms with Gasteiger partial charge in [0.2, 0.25) is 5.91 Å². The minimum atomic E-state index is 0.00695. The van der Waals surface area contributed by atoms with Crippen LogP contribution in [-0.4, -0.2) is 29.7 Å². The van der Waals surface area contributed by atoms with Crippen molar-refractivity contribution in [2.45, 2.75) is 47.0 Å². The summed E-state index contributed by atoms with van der Waals surface area (Å²) in [5.74, 6) is 2.72. The van der Waals surface area contributed by atoms with Crippen LogP contribution in [0.5, 0.6) is 0 Å². The second-order valence-corrected chi connectivity index (χ2v) is 6.48. The van der Waals surface area contributed by atoms with Crippen molar-refractivity contribution in [2.24, 2.45) is 11.8 Å². The monoisotopic (exact) mass is 291 g/mol. The van der Waals surface area contributed by atoms with Gasteiger partial charge in [-0.15, -0.1) is 0 Å². The van der Waals surface area contributed by atoms with E-state index in [4.69, 9.17) is 4.42 Å². The number of carbonyl (C=O) groups is 2. The van der Waals surface area contributed by atoms with Crippen molar-refractivity contribution >= 4 is 11.7 Å². The molecule has 1 aliphatic rings. The maximum absolute atomic E-state index is 12.3. The second kappa shape index (κ2) is 6.46. The molecule has 1 aromatic rings. The van der Waals surface area contributed by atoms with E-state index in [0.29, 0.717) is 36.0 Å². The van der Waals surface area contributed by atoms with E-state index >= 15 is 0 Å². The number of ketones is 1. The average Bonchev–Trinajstić information content (AvgIpc) is 2.76. The van der Waals surface area contributed by atoms with Crippen LogP contribution < -0.4 is 0 Å². The van der Waals surface area contributed by atoms with Gasteiger partial charge in [-0.25, -0.2) is 0 Å². The number of piperidine rings is 1. The zero-order valence-electron chi connectivity index (χ0n) is 13.4. The van der Waals surface area contributed by atoms with Crippen LogP contribution in [0.25, 0.3) is 0 Å². The van der Waals surface area contributed by atoms with Crippen molar-refractivity contribution in [3.05, 3.63) is 23.2 Å². The third-order valence-electron chi connectivity index (χ3n) is 4.15.